The molecule has 0 radical (unpaired) electrons. The van der Waals surface area contributed by atoms with Crippen molar-refractivity contribution in [1.82, 2.24) is 4.31 Å². The van der Waals surface area contributed by atoms with E-state index in [-0.39, 0.29) is 11.5 Å². The first kappa shape index (κ1) is 11.7. The van der Waals surface area contributed by atoms with Gasteiger partial charge in [-0.15, -0.1) is 0 Å². The molecule has 2 N–H and O–H groups in total. The molecule has 1 atom stereocenters. The van der Waals surface area contributed by atoms with E-state index in [1.54, 1.807) is 0 Å². The summed E-state index contributed by atoms with van der Waals surface area (Å²) >= 11 is 4.61. The zero-order valence-electron chi connectivity index (χ0n) is 7.19. The fraction of sp³-hybridized carbons (Fsp3) is 0.833. The number of hydrogen-bond acceptors (Lipinski definition) is 3. The number of nitrogens with two attached hydrogens (primary N) is 1. The summed E-state index contributed by atoms with van der Waals surface area (Å²) in [6, 6.07) is -0.746. The summed E-state index contributed by atoms with van der Waals surface area (Å²) in [5.41, 5.74) is 5.27. The van der Waals surface area contributed by atoms with Gasteiger partial charge in [-0.3, -0.25) is 0 Å². The summed E-state index contributed by atoms with van der Waals surface area (Å²) in [7, 11) is -4.54. The van der Waals surface area contributed by atoms with Gasteiger partial charge in [-0.25, -0.2) is 8.42 Å². The lowest BCUT2D eigenvalue weighted by Gasteiger charge is -2.22. The highest BCUT2D eigenvalue weighted by Crippen LogP contribution is 2.24. The molecular weight excluding hydrogens is 234 g/mol. The van der Waals surface area contributed by atoms with Gasteiger partial charge in [-0.05, 0) is 12.8 Å². The Labute approximate surface area is 86.1 Å². The van der Waals surface area contributed by atoms with E-state index in [0.717, 1.165) is 0 Å². The molecule has 0 amide bonds. The first-order chi connectivity index (χ1) is 6.37. The van der Waals surface area contributed by atoms with E-state index in [9.17, 15) is 17.2 Å². The Morgan fingerprint density at radius 1 is 1.57 bits per heavy atom. The van der Waals surface area contributed by atoms with Gasteiger partial charge in [0.2, 0.25) is 0 Å². The second-order valence-corrected chi connectivity index (χ2v) is 5.30. The van der Waals surface area contributed by atoms with Crippen molar-refractivity contribution in [3.63, 3.8) is 0 Å². The molecule has 0 aromatic heterocycles. The molecule has 1 aliphatic heterocycles. The fourth-order valence-corrected chi connectivity index (χ4v) is 2.91. The van der Waals surface area contributed by atoms with Crippen LogP contribution in [0.15, 0.2) is 0 Å². The molecule has 1 fully saturated rings. The van der Waals surface area contributed by atoms with Crippen molar-refractivity contribution in [2.45, 2.75) is 24.6 Å². The molecule has 82 valence electrons. The van der Waals surface area contributed by atoms with Crippen molar-refractivity contribution in [3.8, 4) is 0 Å². The van der Waals surface area contributed by atoms with Gasteiger partial charge < -0.3 is 5.73 Å². The number of nitrogens with zero attached hydrogens (tertiary/aromatic N) is 1. The van der Waals surface area contributed by atoms with Crippen LogP contribution in [0.5, 0.6) is 0 Å². The average molecular weight is 244 g/mol. The van der Waals surface area contributed by atoms with Crippen molar-refractivity contribution >= 4 is 27.2 Å². The molecule has 0 aromatic carbocycles. The van der Waals surface area contributed by atoms with Crippen LogP contribution in [0.25, 0.3) is 0 Å². The smallest absolute Gasteiger partial charge is 0.350 e. The molecule has 1 saturated heterocycles. The first-order valence-electron chi connectivity index (χ1n) is 3.95. The number of thiocarbonyl (C=S) groups is 1. The Bertz CT molecular complexity index is 331. The Morgan fingerprint density at radius 2 is 2.14 bits per heavy atom. The summed E-state index contributed by atoms with van der Waals surface area (Å²) in [5.74, 6) is -3.41. The van der Waals surface area contributed by atoms with Crippen molar-refractivity contribution in [2.24, 2.45) is 5.73 Å². The van der Waals surface area contributed by atoms with Crippen molar-refractivity contribution in [2.75, 3.05) is 6.54 Å². The number of halogens is 2. The summed E-state index contributed by atoms with van der Waals surface area (Å²) in [6.45, 7) is 0.0642. The van der Waals surface area contributed by atoms with Gasteiger partial charge >= 0.3 is 5.76 Å². The third-order valence-electron chi connectivity index (χ3n) is 2.08. The Hall–Kier alpha value is -0.340. The third-order valence-corrected chi connectivity index (χ3v) is 3.90. The summed E-state index contributed by atoms with van der Waals surface area (Å²) < 4.78 is 47.3. The highest BCUT2D eigenvalue weighted by atomic mass is 32.2. The maximum absolute atomic E-state index is 12.2. The molecule has 8 heteroatoms. The van der Waals surface area contributed by atoms with Gasteiger partial charge in [0.05, 0.1) is 11.0 Å². The van der Waals surface area contributed by atoms with Crippen LogP contribution in [0.4, 0.5) is 8.78 Å². The van der Waals surface area contributed by atoms with Gasteiger partial charge in [0, 0.05) is 6.54 Å². The molecule has 1 heterocycles. The van der Waals surface area contributed by atoms with Crippen LogP contribution in [-0.4, -0.2) is 36.1 Å². The van der Waals surface area contributed by atoms with Gasteiger partial charge in [0.15, 0.2) is 0 Å². The molecule has 1 rings (SSSR count). The van der Waals surface area contributed by atoms with Gasteiger partial charge in [0.1, 0.15) is 0 Å². The molecule has 0 aliphatic carbocycles. The highest BCUT2D eigenvalue weighted by Gasteiger charge is 2.40. The van der Waals surface area contributed by atoms with Crippen LogP contribution < -0.4 is 5.73 Å². The average Bonchev–Trinajstić information content (AvgIpc) is 2.51. The number of rotatable bonds is 3. The van der Waals surface area contributed by atoms with Crippen molar-refractivity contribution < 1.29 is 17.2 Å². The maximum Gasteiger partial charge on any atom is 0.350 e. The van der Waals surface area contributed by atoms with E-state index >= 15 is 0 Å². The van der Waals surface area contributed by atoms with E-state index in [1.165, 1.54) is 0 Å². The Morgan fingerprint density at radius 3 is 2.57 bits per heavy atom. The third kappa shape index (κ3) is 2.01. The number of hydrogen-bond donors (Lipinski definition) is 1. The quantitative estimate of drug-likeness (QED) is 0.725. The standard InChI is InChI=1S/C6H10F2N2O2S2/c7-6(8)14(11,12)10-3-1-2-4(10)5(9)13/h4,6H,1-3H2,(H2,9,13). The highest BCUT2D eigenvalue weighted by molar-refractivity contribution is 7.89. The van der Waals surface area contributed by atoms with Crippen LogP contribution in [0.2, 0.25) is 0 Å². The predicted molar refractivity (Wildman–Crippen MR) is 51.4 cm³/mol. The minimum atomic E-state index is -4.54. The lowest BCUT2D eigenvalue weighted by Crippen LogP contribution is -2.44. The van der Waals surface area contributed by atoms with E-state index in [2.05, 4.69) is 12.2 Å². The Kier molecular flexibility index (Phi) is 3.38. The van der Waals surface area contributed by atoms with E-state index in [0.29, 0.717) is 17.1 Å². The normalized spacial score (nSPS) is 24.4. The number of alkyl halides is 2. The minimum absolute atomic E-state index is 0.0493. The minimum Gasteiger partial charge on any atom is -0.392 e. The lowest BCUT2D eigenvalue weighted by molar-refractivity contribution is 0.220. The van der Waals surface area contributed by atoms with Gasteiger partial charge in [-0.1, -0.05) is 12.2 Å². The molecule has 0 spiro atoms. The monoisotopic (exact) mass is 244 g/mol. The zero-order chi connectivity index (χ0) is 10.9. The van der Waals surface area contributed by atoms with Crippen LogP contribution in [0.3, 0.4) is 0 Å². The second-order valence-electron chi connectivity index (χ2n) is 2.98. The molecule has 4 nitrogen and oxygen atoms in total. The largest absolute Gasteiger partial charge is 0.392 e. The lowest BCUT2D eigenvalue weighted by atomic mass is 10.2. The summed E-state index contributed by atoms with van der Waals surface area (Å²) in [5, 5.41) is 0. The van der Waals surface area contributed by atoms with Crippen LogP contribution >= 0.6 is 12.2 Å². The number of sulfonamides is 1. The fourth-order valence-electron chi connectivity index (χ4n) is 1.43. The van der Waals surface area contributed by atoms with E-state index < -0.39 is 21.8 Å². The van der Waals surface area contributed by atoms with Gasteiger partial charge in [-0.2, -0.15) is 13.1 Å². The first-order valence-corrected chi connectivity index (χ1v) is 5.86. The van der Waals surface area contributed by atoms with E-state index in [4.69, 9.17) is 5.73 Å². The van der Waals surface area contributed by atoms with Crippen molar-refractivity contribution in [3.05, 3.63) is 0 Å². The maximum atomic E-state index is 12.2. The zero-order valence-corrected chi connectivity index (χ0v) is 8.82. The SMILES string of the molecule is NC(=S)C1CCCN1S(=O)(=O)C(F)F. The molecule has 1 aliphatic rings. The molecular formula is C6H10F2N2O2S2. The summed E-state index contributed by atoms with van der Waals surface area (Å²) in [6.07, 6.45) is 0.926. The van der Waals surface area contributed by atoms with Crippen LogP contribution in [0, 0.1) is 0 Å². The molecule has 14 heavy (non-hydrogen) atoms. The molecule has 0 saturated carbocycles. The predicted octanol–water partition coefficient (Wildman–Crippen LogP) is 0.289. The van der Waals surface area contributed by atoms with Gasteiger partial charge in [0.25, 0.3) is 10.0 Å². The second kappa shape index (κ2) is 4.03. The van der Waals surface area contributed by atoms with Crippen LogP contribution in [-0.2, 0) is 10.0 Å². The topological polar surface area (TPSA) is 63.4 Å². The van der Waals surface area contributed by atoms with Crippen LogP contribution in [0.1, 0.15) is 12.8 Å². The molecule has 0 bridgehead atoms. The van der Waals surface area contributed by atoms with E-state index in [1.807, 2.05) is 0 Å². The van der Waals surface area contributed by atoms with Crippen molar-refractivity contribution in [1.29, 1.82) is 0 Å². The summed E-state index contributed by atoms with van der Waals surface area (Å²) in [4.78, 5) is -0.0493. The Balaban J connectivity index is 2.93. The molecule has 1 unspecified atom stereocenters. The molecule has 0 aromatic rings.